The van der Waals surface area contributed by atoms with Crippen LogP contribution in [0.4, 0.5) is 10.3 Å². The topological polar surface area (TPSA) is 92.3 Å². The summed E-state index contributed by atoms with van der Waals surface area (Å²) in [6, 6.07) is 7.39. The average molecular weight is 435 g/mol. The number of nitrogens with zero attached hydrogens (tertiary/aromatic N) is 3. The fourth-order valence-corrected chi connectivity index (χ4v) is 5.14. The van der Waals surface area contributed by atoms with Crippen LogP contribution in [0.2, 0.25) is 0 Å². The first kappa shape index (κ1) is 19.9. The number of rotatable bonds is 5. The van der Waals surface area contributed by atoms with E-state index in [9.17, 15) is 17.6 Å². The number of sulfonamides is 1. The lowest BCUT2D eigenvalue weighted by Crippen LogP contribution is -2.42. The summed E-state index contributed by atoms with van der Waals surface area (Å²) < 4.78 is 38.1. The summed E-state index contributed by atoms with van der Waals surface area (Å²) >= 11 is 1.24. The Morgan fingerprint density at radius 3 is 2.72 bits per heavy atom. The minimum absolute atomic E-state index is 0.0822. The second-order valence-corrected chi connectivity index (χ2v) is 10.00. The van der Waals surface area contributed by atoms with Crippen molar-refractivity contribution >= 4 is 43.3 Å². The van der Waals surface area contributed by atoms with Crippen molar-refractivity contribution in [2.24, 2.45) is 0 Å². The predicted molar refractivity (Wildman–Crippen MR) is 110 cm³/mol. The summed E-state index contributed by atoms with van der Waals surface area (Å²) in [5, 5.41) is 3.99. The molecule has 1 N–H and O–H groups in total. The van der Waals surface area contributed by atoms with Crippen LogP contribution in [0.3, 0.4) is 0 Å². The van der Waals surface area contributed by atoms with Gasteiger partial charge in [0.1, 0.15) is 10.6 Å². The van der Waals surface area contributed by atoms with Crippen LogP contribution in [0.1, 0.15) is 28.1 Å². The van der Waals surface area contributed by atoms with E-state index in [1.807, 2.05) is 0 Å². The fraction of sp³-hybridized carbons (Fsp3) is 0.316. The molecule has 0 unspecified atom stereocenters. The quantitative estimate of drug-likeness (QED) is 0.621. The van der Waals surface area contributed by atoms with E-state index in [1.165, 1.54) is 40.1 Å². The maximum absolute atomic E-state index is 13.4. The van der Waals surface area contributed by atoms with Crippen molar-refractivity contribution in [2.45, 2.75) is 18.9 Å². The molecule has 0 radical (unpaired) electrons. The van der Waals surface area contributed by atoms with Crippen LogP contribution >= 0.6 is 11.3 Å². The molecule has 0 spiro atoms. The maximum atomic E-state index is 13.4. The molecule has 152 valence electrons. The molecule has 0 atom stereocenters. The third-order valence-corrected chi connectivity index (χ3v) is 7.19. The maximum Gasteiger partial charge on any atom is 0.224 e. The van der Waals surface area contributed by atoms with Gasteiger partial charge < -0.3 is 5.32 Å². The Morgan fingerprint density at radius 2 is 2.03 bits per heavy atom. The SMILES string of the molecule is CS(=O)(=O)N1CCC(Nc2ncc3cc(C(=O)c4cccc(F)c4)sc3n2)CC1. The third-order valence-electron chi connectivity index (χ3n) is 4.84. The van der Waals surface area contributed by atoms with Gasteiger partial charge in [-0.25, -0.2) is 27.1 Å². The zero-order chi connectivity index (χ0) is 20.6. The summed E-state index contributed by atoms with van der Waals surface area (Å²) in [7, 11) is -3.16. The third kappa shape index (κ3) is 4.44. The average Bonchev–Trinajstić information content (AvgIpc) is 3.10. The number of nitrogens with one attached hydrogen (secondary N) is 1. The van der Waals surface area contributed by atoms with Crippen LogP contribution in [0.25, 0.3) is 10.2 Å². The van der Waals surface area contributed by atoms with Gasteiger partial charge in [-0.05, 0) is 31.0 Å². The van der Waals surface area contributed by atoms with E-state index in [0.29, 0.717) is 47.2 Å². The van der Waals surface area contributed by atoms with E-state index >= 15 is 0 Å². The fourth-order valence-electron chi connectivity index (χ4n) is 3.30. The molecule has 3 heterocycles. The number of benzene rings is 1. The first-order valence-corrected chi connectivity index (χ1v) is 11.7. The van der Waals surface area contributed by atoms with Gasteiger partial charge in [-0.1, -0.05) is 12.1 Å². The number of fused-ring (bicyclic) bond motifs is 1. The minimum Gasteiger partial charge on any atom is -0.351 e. The monoisotopic (exact) mass is 434 g/mol. The van der Waals surface area contributed by atoms with Gasteiger partial charge in [0.25, 0.3) is 0 Å². The van der Waals surface area contributed by atoms with E-state index in [-0.39, 0.29) is 11.8 Å². The lowest BCUT2D eigenvalue weighted by atomic mass is 10.1. The van der Waals surface area contributed by atoms with E-state index in [1.54, 1.807) is 18.3 Å². The normalized spacial score (nSPS) is 16.2. The molecule has 1 saturated heterocycles. The molecular formula is C19H19FN4O3S2. The number of carbonyl (C=O) groups is 1. The first-order chi connectivity index (χ1) is 13.8. The van der Waals surface area contributed by atoms with Gasteiger partial charge in [-0.3, -0.25) is 4.79 Å². The molecule has 0 saturated carbocycles. The summed E-state index contributed by atoms with van der Waals surface area (Å²) in [6.07, 6.45) is 4.21. The number of thiophene rings is 1. The minimum atomic E-state index is -3.16. The number of hydrogen-bond acceptors (Lipinski definition) is 7. The summed E-state index contributed by atoms with van der Waals surface area (Å²) in [4.78, 5) is 22.5. The summed E-state index contributed by atoms with van der Waals surface area (Å²) in [5.41, 5.74) is 0.292. The second kappa shape index (κ2) is 7.77. The zero-order valence-corrected chi connectivity index (χ0v) is 17.3. The van der Waals surface area contributed by atoms with Gasteiger partial charge in [0.2, 0.25) is 21.8 Å². The molecule has 29 heavy (non-hydrogen) atoms. The van der Waals surface area contributed by atoms with Crippen LogP contribution in [0.15, 0.2) is 36.5 Å². The van der Waals surface area contributed by atoms with Crippen molar-refractivity contribution in [1.82, 2.24) is 14.3 Å². The highest BCUT2D eigenvalue weighted by Gasteiger charge is 2.25. The lowest BCUT2D eigenvalue weighted by molar-refractivity contribution is 0.104. The molecule has 1 aromatic carbocycles. The number of ketones is 1. The highest BCUT2D eigenvalue weighted by Crippen LogP contribution is 2.27. The van der Waals surface area contributed by atoms with E-state index in [0.717, 1.165) is 5.39 Å². The van der Waals surface area contributed by atoms with Crippen LogP contribution in [-0.2, 0) is 10.0 Å². The van der Waals surface area contributed by atoms with Gasteiger partial charge in [0.15, 0.2) is 0 Å². The van der Waals surface area contributed by atoms with Crippen LogP contribution in [-0.4, -0.2) is 53.9 Å². The Balaban J connectivity index is 1.48. The molecule has 3 aromatic rings. The Labute approximate surface area is 171 Å². The molecule has 4 rings (SSSR count). The number of hydrogen-bond donors (Lipinski definition) is 1. The number of anilines is 1. The standard InChI is InChI=1S/C19H19FN4O3S2/c1-29(26,27)24-7-5-15(6-8-24)22-19-21-11-13-10-16(28-18(13)23-19)17(25)12-3-2-4-14(20)9-12/h2-4,9-11,15H,5-8H2,1H3,(H,21,22,23). The number of halogens is 1. The van der Waals surface area contributed by atoms with E-state index in [2.05, 4.69) is 15.3 Å². The zero-order valence-electron chi connectivity index (χ0n) is 15.6. The van der Waals surface area contributed by atoms with Crippen molar-refractivity contribution < 1.29 is 17.6 Å². The molecule has 1 aliphatic heterocycles. The van der Waals surface area contributed by atoms with Gasteiger partial charge in [-0.2, -0.15) is 0 Å². The van der Waals surface area contributed by atoms with Crippen molar-refractivity contribution in [3.63, 3.8) is 0 Å². The Hall–Kier alpha value is -2.43. The molecule has 10 heteroatoms. The Kier molecular flexibility index (Phi) is 5.32. The van der Waals surface area contributed by atoms with Crippen LogP contribution in [0.5, 0.6) is 0 Å². The van der Waals surface area contributed by atoms with E-state index in [4.69, 9.17) is 0 Å². The molecule has 0 amide bonds. The van der Waals surface area contributed by atoms with Crippen LogP contribution in [0, 0.1) is 5.82 Å². The van der Waals surface area contributed by atoms with Crippen LogP contribution < -0.4 is 5.32 Å². The number of aromatic nitrogens is 2. The molecule has 1 fully saturated rings. The van der Waals surface area contributed by atoms with Crippen molar-refractivity contribution in [2.75, 3.05) is 24.7 Å². The van der Waals surface area contributed by atoms with Gasteiger partial charge in [0, 0.05) is 36.3 Å². The first-order valence-electron chi connectivity index (χ1n) is 9.08. The summed E-state index contributed by atoms with van der Waals surface area (Å²) in [6.45, 7) is 0.925. The predicted octanol–water partition coefficient (Wildman–Crippen LogP) is 2.90. The lowest BCUT2D eigenvalue weighted by Gasteiger charge is -2.30. The molecule has 1 aliphatic rings. The molecule has 0 aliphatic carbocycles. The van der Waals surface area contributed by atoms with Gasteiger partial charge in [0.05, 0.1) is 11.1 Å². The van der Waals surface area contributed by atoms with E-state index < -0.39 is 15.8 Å². The van der Waals surface area contributed by atoms with Gasteiger partial charge in [-0.15, -0.1) is 11.3 Å². The smallest absolute Gasteiger partial charge is 0.224 e. The highest BCUT2D eigenvalue weighted by molar-refractivity contribution is 7.88. The molecule has 0 bridgehead atoms. The molecule has 7 nitrogen and oxygen atoms in total. The van der Waals surface area contributed by atoms with Crippen molar-refractivity contribution in [3.05, 3.63) is 52.8 Å². The number of piperidine rings is 1. The molecular weight excluding hydrogens is 415 g/mol. The molecule has 2 aromatic heterocycles. The van der Waals surface area contributed by atoms with Gasteiger partial charge >= 0.3 is 0 Å². The second-order valence-electron chi connectivity index (χ2n) is 6.98. The largest absolute Gasteiger partial charge is 0.351 e. The summed E-state index contributed by atoms with van der Waals surface area (Å²) in [5.74, 6) is -0.262. The van der Waals surface area contributed by atoms with Crippen molar-refractivity contribution in [1.29, 1.82) is 0 Å². The Bertz CT molecular complexity index is 1170. The van der Waals surface area contributed by atoms with Crippen molar-refractivity contribution in [3.8, 4) is 0 Å². The Morgan fingerprint density at radius 1 is 1.28 bits per heavy atom. The number of carbonyl (C=O) groups excluding carboxylic acids is 1. The highest BCUT2D eigenvalue weighted by atomic mass is 32.2.